The van der Waals surface area contributed by atoms with Gasteiger partial charge in [0.25, 0.3) is 0 Å². The Morgan fingerprint density at radius 1 is 1.33 bits per heavy atom. The Bertz CT molecular complexity index is 410. The van der Waals surface area contributed by atoms with Gasteiger partial charge in [-0.2, -0.15) is 0 Å². The minimum Gasteiger partial charge on any atom is -0.396 e. The molecule has 1 aliphatic carbocycles. The van der Waals surface area contributed by atoms with Crippen molar-refractivity contribution in [3.63, 3.8) is 0 Å². The van der Waals surface area contributed by atoms with Crippen LogP contribution in [-0.2, 0) is 9.59 Å². The second-order valence-corrected chi connectivity index (χ2v) is 7.58. The SMILES string of the molecule is CC(C)(C)C(=O)N1CCCC(C(=O)NC2(CCO)CC2)C1. The van der Waals surface area contributed by atoms with Crippen LogP contribution in [0.15, 0.2) is 0 Å². The van der Waals surface area contributed by atoms with E-state index in [9.17, 15) is 9.59 Å². The predicted octanol–water partition coefficient (Wildman–Crippen LogP) is 1.30. The summed E-state index contributed by atoms with van der Waals surface area (Å²) in [5.41, 5.74) is -0.560. The Kier molecular flexibility index (Phi) is 4.61. The van der Waals surface area contributed by atoms with Gasteiger partial charge in [-0.25, -0.2) is 0 Å². The maximum atomic E-state index is 12.4. The lowest BCUT2D eigenvalue weighted by molar-refractivity contribution is -0.143. The summed E-state index contributed by atoms with van der Waals surface area (Å²) in [5, 5.41) is 12.2. The summed E-state index contributed by atoms with van der Waals surface area (Å²) in [6.07, 6.45) is 4.27. The van der Waals surface area contributed by atoms with Crippen LogP contribution in [0.25, 0.3) is 0 Å². The first-order valence-corrected chi connectivity index (χ1v) is 8.00. The van der Waals surface area contributed by atoms with Gasteiger partial charge in [0.05, 0.1) is 5.92 Å². The third-order valence-corrected chi connectivity index (χ3v) is 4.55. The first-order valence-electron chi connectivity index (χ1n) is 8.00. The van der Waals surface area contributed by atoms with Crippen molar-refractivity contribution in [2.45, 2.75) is 58.4 Å². The molecule has 1 atom stereocenters. The summed E-state index contributed by atoms with van der Waals surface area (Å²) in [6, 6.07) is 0. The van der Waals surface area contributed by atoms with E-state index in [0.29, 0.717) is 13.0 Å². The molecule has 0 aromatic carbocycles. The fraction of sp³-hybridized carbons (Fsp3) is 0.875. The van der Waals surface area contributed by atoms with Gasteiger partial charge >= 0.3 is 0 Å². The van der Waals surface area contributed by atoms with Gasteiger partial charge in [0.15, 0.2) is 0 Å². The molecule has 2 fully saturated rings. The number of rotatable bonds is 4. The van der Waals surface area contributed by atoms with Crippen LogP contribution in [0.3, 0.4) is 0 Å². The van der Waals surface area contributed by atoms with E-state index in [1.54, 1.807) is 0 Å². The molecule has 0 aromatic rings. The highest BCUT2D eigenvalue weighted by Gasteiger charge is 2.44. The molecule has 0 aromatic heterocycles. The number of nitrogens with one attached hydrogen (secondary N) is 1. The summed E-state index contributed by atoms with van der Waals surface area (Å²) in [4.78, 5) is 26.6. The fourth-order valence-corrected chi connectivity index (χ4v) is 3.02. The van der Waals surface area contributed by atoms with Crippen molar-refractivity contribution < 1.29 is 14.7 Å². The van der Waals surface area contributed by atoms with Crippen molar-refractivity contribution >= 4 is 11.8 Å². The number of nitrogens with zero attached hydrogens (tertiary/aromatic N) is 1. The first kappa shape index (κ1) is 16.3. The quantitative estimate of drug-likeness (QED) is 0.821. The van der Waals surface area contributed by atoms with E-state index in [2.05, 4.69) is 5.32 Å². The summed E-state index contributed by atoms with van der Waals surface area (Å²) < 4.78 is 0. The van der Waals surface area contributed by atoms with E-state index in [-0.39, 0.29) is 29.9 Å². The summed E-state index contributed by atoms with van der Waals surface area (Å²) in [6.45, 7) is 7.14. The molecule has 1 saturated heterocycles. The standard InChI is InChI=1S/C16H28N2O3/c1-15(2,3)14(21)18-9-4-5-12(11-18)13(20)17-16(6-7-16)8-10-19/h12,19H,4-11H2,1-3H3,(H,17,20). The third kappa shape index (κ3) is 3.96. The van der Waals surface area contributed by atoms with Crippen molar-refractivity contribution in [3.8, 4) is 0 Å². The molecule has 5 nitrogen and oxygen atoms in total. The highest BCUT2D eigenvalue weighted by molar-refractivity contribution is 5.84. The lowest BCUT2D eigenvalue weighted by Gasteiger charge is -2.36. The molecule has 1 saturated carbocycles. The maximum Gasteiger partial charge on any atom is 0.227 e. The Hall–Kier alpha value is -1.10. The molecule has 1 unspecified atom stereocenters. The highest BCUT2D eigenvalue weighted by atomic mass is 16.3. The molecule has 0 spiro atoms. The van der Waals surface area contributed by atoms with Gasteiger partial charge in [-0.1, -0.05) is 20.8 Å². The average Bonchev–Trinajstić information content (AvgIpc) is 3.17. The monoisotopic (exact) mass is 296 g/mol. The maximum absolute atomic E-state index is 12.4. The number of hydrogen-bond donors (Lipinski definition) is 2. The van der Waals surface area contributed by atoms with Crippen molar-refractivity contribution in [2.75, 3.05) is 19.7 Å². The van der Waals surface area contributed by atoms with Gasteiger partial charge in [-0.15, -0.1) is 0 Å². The van der Waals surface area contributed by atoms with Crippen LogP contribution < -0.4 is 5.32 Å². The Morgan fingerprint density at radius 2 is 2.00 bits per heavy atom. The Balaban J connectivity index is 1.92. The van der Waals surface area contributed by atoms with Crippen LogP contribution >= 0.6 is 0 Å². The van der Waals surface area contributed by atoms with Crippen molar-refractivity contribution in [1.82, 2.24) is 10.2 Å². The number of aliphatic hydroxyl groups is 1. The van der Waals surface area contributed by atoms with E-state index >= 15 is 0 Å². The molecule has 2 rings (SSSR count). The van der Waals surface area contributed by atoms with Gasteiger partial charge in [0.1, 0.15) is 0 Å². The number of hydrogen-bond acceptors (Lipinski definition) is 3. The number of aliphatic hydroxyl groups excluding tert-OH is 1. The summed E-state index contributed by atoms with van der Waals surface area (Å²) in [5.74, 6) is 0.0603. The van der Waals surface area contributed by atoms with Gasteiger partial charge in [0, 0.05) is 30.7 Å². The number of likely N-dealkylation sites (tertiary alicyclic amines) is 1. The van der Waals surface area contributed by atoms with Crippen LogP contribution in [0, 0.1) is 11.3 Å². The van der Waals surface area contributed by atoms with Gasteiger partial charge in [0.2, 0.25) is 11.8 Å². The lowest BCUT2D eigenvalue weighted by Crippen LogP contribution is -2.50. The Morgan fingerprint density at radius 3 is 2.52 bits per heavy atom. The molecule has 2 N–H and O–H groups in total. The first-order chi connectivity index (χ1) is 9.77. The molecule has 120 valence electrons. The van der Waals surface area contributed by atoms with Crippen LogP contribution in [0.4, 0.5) is 0 Å². The van der Waals surface area contributed by atoms with E-state index in [1.807, 2.05) is 25.7 Å². The van der Waals surface area contributed by atoms with Crippen LogP contribution in [0.2, 0.25) is 0 Å². The van der Waals surface area contributed by atoms with E-state index in [0.717, 1.165) is 32.2 Å². The van der Waals surface area contributed by atoms with E-state index < -0.39 is 5.41 Å². The summed E-state index contributed by atoms with van der Waals surface area (Å²) >= 11 is 0. The van der Waals surface area contributed by atoms with Crippen LogP contribution in [0.5, 0.6) is 0 Å². The highest BCUT2D eigenvalue weighted by Crippen LogP contribution is 2.39. The molecule has 1 aliphatic heterocycles. The zero-order valence-corrected chi connectivity index (χ0v) is 13.4. The van der Waals surface area contributed by atoms with Crippen LogP contribution in [-0.4, -0.2) is 47.1 Å². The lowest BCUT2D eigenvalue weighted by atomic mass is 9.90. The zero-order chi connectivity index (χ0) is 15.7. The zero-order valence-electron chi connectivity index (χ0n) is 13.4. The molecule has 0 bridgehead atoms. The van der Waals surface area contributed by atoms with Crippen LogP contribution in [0.1, 0.15) is 52.9 Å². The van der Waals surface area contributed by atoms with E-state index in [1.165, 1.54) is 0 Å². The van der Waals surface area contributed by atoms with Gasteiger partial charge in [-0.05, 0) is 32.1 Å². The molecule has 0 radical (unpaired) electrons. The number of carbonyl (C=O) groups excluding carboxylic acids is 2. The van der Waals surface area contributed by atoms with E-state index in [4.69, 9.17) is 5.11 Å². The normalized spacial score (nSPS) is 24.6. The van der Waals surface area contributed by atoms with Gasteiger partial charge < -0.3 is 15.3 Å². The largest absolute Gasteiger partial charge is 0.396 e. The van der Waals surface area contributed by atoms with Crippen molar-refractivity contribution in [3.05, 3.63) is 0 Å². The molecule has 5 heteroatoms. The van der Waals surface area contributed by atoms with Crippen molar-refractivity contribution in [2.24, 2.45) is 11.3 Å². The van der Waals surface area contributed by atoms with Gasteiger partial charge in [-0.3, -0.25) is 9.59 Å². The topological polar surface area (TPSA) is 69.6 Å². The molecule has 1 heterocycles. The smallest absolute Gasteiger partial charge is 0.227 e. The predicted molar refractivity (Wildman–Crippen MR) is 80.6 cm³/mol. The second kappa shape index (κ2) is 5.95. The Labute approximate surface area is 127 Å². The number of amides is 2. The second-order valence-electron chi connectivity index (χ2n) is 7.58. The molecular weight excluding hydrogens is 268 g/mol. The third-order valence-electron chi connectivity index (χ3n) is 4.55. The average molecular weight is 296 g/mol. The molecule has 2 aliphatic rings. The molecular formula is C16H28N2O3. The minimum atomic E-state index is -0.396. The summed E-state index contributed by atoms with van der Waals surface area (Å²) in [7, 11) is 0. The minimum absolute atomic E-state index is 0.0485. The fourth-order valence-electron chi connectivity index (χ4n) is 3.02. The number of carbonyl (C=O) groups is 2. The molecule has 21 heavy (non-hydrogen) atoms. The van der Waals surface area contributed by atoms with Crippen molar-refractivity contribution in [1.29, 1.82) is 0 Å². The molecule has 2 amide bonds. The number of piperidine rings is 1.